The van der Waals surface area contributed by atoms with E-state index in [1.807, 2.05) is 7.05 Å². The van der Waals surface area contributed by atoms with Gasteiger partial charge in [-0.25, -0.2) is 9.48 Å². The second kappa shape index (κ2) is 7.77. The van der Waals surface area contributed by atoms with E-state index in [-0.39, 0.29) is 11.3 Å². The molecule has 1 heterocycles. The molecule has 0 spiro atoms. The van der Waals surface area contributed by atoms with Crippen LogP contribution in [-0.2, 0) is 11.8 Å². The van der Waals surface area contributed by atoms with Crippen molar-refractivity contribution in [3.63, 3.8) is 0 Å². The van der Waals surface area contributed by atoms with Gasteiger partial charge in [-0.1, -0.05) is 36.7 Å². The van der Waals surface area contributed by atoms with Crippen LogP contribution in [0.3, 0.4) is 0 Å². The highest BCUT2D eigenvalue weighted by atomic mass is 32.1. The van der Waals surface area contributed by atoms with Gasteiger partial charge in [0, 0.05) is 18.7 Å². The maximum atomic E-state index is 11.7. The zero-order chi connectivity index (χ0) is 18.7. The number of benzene rings is 1. The second-order valence-electron chi connectivity index (χ2n) is 6.21. The molecule has 9 heteroatoms. The molecule has 1 saturated carbocycles. The molecule has 1 aromatic carbocycles. The fourth-order valence-electron chi connectivity index (χ4n) is 3.04. The molecule has 1 aliphatic rings. The number of nitro benzene ring substituents is 1. The van der Waals surface area contributed by atoms with Gasteiger partial charge in [-0.2, -0.15) is 5.10 Å². The van der Waals surface area contributed by atoms with Crippen molar-refractivity contribution < 1.29 is 14.5 Å². The zero-order valence-corrected chi connectivity index (χ0v) is 15.5. The molecule has 0 N–H and O–H groups in total. The van der Waals surface area contributed by atoms with Gasteiger partial charge in [0.1, 0.15) is 10.6 Å². The number of ether oxygens (including phenoxy) is 1. The minimum Gasteiger partial charge on any atom is -0.465 e. The smallest absolute Gasteiger partial charge is 0.344 e. The van der Waals surface area contributed by atoms with Crippen molar-refractivity contribution in [1.82, 2.24) is 9.78 Å². The molecule has 0 bridgehead atoms. The molecule has 8 nitrogen and oxygen atoms in total. The fourth-order valence-corrected chi connectivity index (χ4v) is 4.00. The minimum absolute atomic E-state index is 0.0747. The summed E-state index contributed by atoms with van der Waals surface area (Å²) in [4.78, 5) is 28.0. The molecule has 0 amide bonds. The highest BCUT2D eigenvalue weighted by molar-refractivity contribution is 7.12. The van der Waals surface area contributed by atoms with Crippen molar-refractivity contribution in [3.8, 4) is 10.6 Å². The van der Waals surface area contributed by atoms with Crippen LogP contribution in [0.5, 0.6) is 0 Å². The number of nitro groups is 1. The maximum Gasteiger partial charge on any atom is 0.344 e. The number of methoxy groups -OCH3 is 1. The van der Waals surface area contributed by atoms with Gasteiger partial charge in [0.15, 0.2) is 0 Å². The first-order valence-electron chi connectivity index (χ1n) is 8.44. The molecule has 138 valence electrons. The third-order valence-electron chi connectivity index (χ3n) is 4.42. The van der Waals surface area contributed by atoms with Gasteiger partial charge >= 0.3 is 5.97 Å². The monoisotopic (exact) mass is 376 g/mol. The number of carbonyl (C=O) groups is 1. The number of hydrogen-bond acceptors (Lipinski definition) is 7. The third-order valence-corrected chi connectivity index (χ3v) is 5.48. The summed E-state index contributed by atoms with van der Waals surface area (Å²) in [6.07, 6.45) is 5.84. The van der Waals surface area contributed by atoms with Gasteiger partial charge in [-0.3, -0.25) is 15.1 Å². The molecule has 0 saturated heterocycles. The Bertz CT molecular complexity index is 896. The SMILES string of the molecule is COC(=O)c1ccc(-c2nn(C)c(=NC3CCCCC3)s2)cc1[N+](=O)[O-]. The van der Waals surface area contributed by atoms with Crippen molar-refractivity contribution >= 4 is 23.0 Å². The molecular formula is C17H20N4O4S. The Morgan fingerprint density at radius 1 is 1.38 bits per heavy atom. The van der Waals surface area contributed by atoms with Gasteiger partial charge < -0.3 is 4.74 Å². The summed E-state index contributed by atoms with van der Waals surface area (Å²) in [5.41, 5.74) is 0.210. The lowest BCUT2D eigenvalue weighted by Crippen LogP contribution is -2.18. The molecule has 0 radical (unpaired) electrons. The standard InChI is InChI=1S/C17H20N4O4S/c1-20-17(18-12-6-4-3-5-7-12)26-15(19-20)11-8-9-13(16(22)25-2)14(10-11)21(23)24/h8-10,12H,3-7H2,1-2H3. The van der Waals surface area contributed by atoms with Crippen LogP contribution in [0, 0.1) is 10.1 Å². The Morgan fingerprint density at radius 3 is 2.77 bits per heavy atom. The van der Waals surface area contributed by atoms with Crippen LogP contribution in [0.4, 0.5) is 5.69 Å². The molecule has 26 heavy (non-hydrogen) atoms. The van der Waals surface area contributed by atoms with Crippen LogP contribution in [0.15, 0.2) is 23.2 Å². The Labute approximate surface area is 154 Å². The Kier molecular flexibility index (Phi) is 5.46. The van der Waals surface area contributed by atoms with E-state index in [1.165, 1.54) is 49.8 Å². The van der Waals surface area contributed by atoms with Gasteiger partial charge in [-0.15, -0.1) is 0 Å². The number of esters is 1. The second-order valence-corrected chi connectivity index (χ2v) is 7.17. The molecule has 1 aromatic heterocycles. The Morgan fingerprint density at radius 2 is 2.12 bits per heavy atom. The molecule has 3 rings (SSSR count). The van der Waals surface area contributed by atoms with E-state index in [0.29, 0.717) is 16.6 Å². The summed E-state index contributed by atoms with van der Waals surface area (Å²) in [7, 11) is 3.01. The van der Waals surface area contributed by atoms with E-state index in [9.17, 15) is 14.9 Å². The van der Waals surface area contributed by atoms with Crippen molar-refractivity contribution in [1.29, 1.82) is 0 Å². The normalized spacial score (nSPS) is 15.8. The first-order chi connectivity index (χ1) is 12.5. The Balaban J connectivity index is 1.98. The zero-order valence-electron chi connectivity index (χ0n) is 14.7. The molecule has 0 aliphatic heterocycles. The van der Waals surface area contributed by atoms with Gasteiger partial charge in [0.25, 0.3) is 5.69 Å². The quantitative estimate of drug-likeness (QED) is 0.464. The summed E-state index contributed by atoms with van der Waals surface area (Å²) in [5.74, 6) is -0.735. The predicted octanol–water partition coefficient (Wildman–Crippen LogP) is 3.08. The molecule has 0 unspecified atom stereocenters. The van der Waals surface area contributed by atoms with Gasteiger partial charge in [0.2, 0.25) is 4.80 Å². The lowest BCUT2D eigenvalue weighted by Gasteiger charge is -2.16. The number of hydrogen-bond donors (Lipinski definition) is 0. The maximum absolute atomic E-state index is 11.7. The first kappa shape index (κ1) is 18.2. The number of aromatic nitrogens is 2. The van der Waals surface area contributed by atoms with Gasteiger partial charge in [0.05, 0.1) is 18.1 Å². The van der Waals surface area contributed by atoms with E-state index in [4.69, 9.17) is 4.99 Å². The van der Waals surface area contributed by atoms with Crippen LogP contribution in [0.1, 0.15) is 42.5 Å². The topological polar surface area (TPSA) is 99.6 Å². The summed E-state index contributed by atoms with van der Waals surface area (Å²) >= 11 is 1.39. The predicted molar refractivity (Wildman–Crippen MR) is 97.0 cm³/mol. The average molecular weight is 376 g/mol. The van der Waals surface area contributed by atoms with Crippen molar-refractivity contribution in [2.75, 3.05) is 7.11 Å². The van der Waals surface area contributed by atoms with Gasteiger partial charge in [-0.05, 0) is 18.9 Å². The van der Waals surface area contributed by atoms with Crippen LogP contribution in [0.2, 0.25) is 0 Å². The van der Waals surface area contributed by atoms with Crippen LogP contribution >= 0.6 is 11.3 Å². The average Bonchev–Trinajstić information content (AvgIpc) is 3.02. The minimum atomic E-state index is -0.735. The summed E-state index contributed by atoms with van der Waals surface area (Å²) < 4.78 is 6.31. The van der Waals surface area contributed by atoms with E-state index < -0.39 is 10.9 Å². The molecular weight excluding hydrogens is 356 g/mol. The molecule has 2 aromatic rings. The molecule has 0 atom stereocenters. The van der Waals surface area contributed by atoms with Crippen molar-refractivity contribution in [2.24, 2.45) is 12.0 Å². The summed E-state index contributed by atoms with van der Waals surface area (Å²) in [6.45, 7) is 0. The molecule has 1 aliphatic carbocycles. The summed E-state index contributed by atoms with van der Waals surface area (Å²) in [5, 5.41) is 16.4. The van der Waals surface area contributed by atoms with E-state index in [2.05, 4.69) is 9.84 Å². The van der Waals surface area contributed by atoms with Crippen molar-refractivity contribution in [2.45, 2.75) is 38.1 Å². The highest BCUT2D eigenvalue weighted by Crippen LogP contribution is 2.28. The fraction of sp³-hybridized carbons (Fsp3) is 0.471. The van der Waals surface area contributed by atoms with E-state index in [0.717, 1.165) is 17.6 Å². The number of nitrogens with zero attached hydrogens (tertiary/aromatic N) is 4. The lowest BCUT2D eigenvalue weighted by atomic mass is 9.96. The van der Waals surface area contributed by atoms with Crippen molar-refractivity contribution in [3.05, 3.63) is 38.7 Å². The summed E-state index contributed by atoms with van der Waals surface area (Å²) in [6, 6.07) is 4.72. The van der Waals surface area contributed by atoms with E-state index in [1.54, 1.807) is 10.7 Å². The van der Waals surface area contributed by atoms with Crippen LogP contribution in [0.25, 0.3) is 10.6 Å². The first-order valence-corrected chi connectivity index (χ1v) is 9.26. The van der Waals surface area contributed by atoms with Crippen LogP contribution in [-0.4, -0.2) is 33.8 Å². The number of aryl methyl sites for hydroxylation is 1. The third kappa shape index (κ3) is 3.82. The van der Waals surface area contributed by atoms with E-state index >= 15 is 0 Å². The number of carbonyl (C=O) groups excluding carboxylic acids is 1. The highest BCUT2D eigenvalue weighted by Gasteiger charge is 2.22. The Hall–Kier alpha value is -2.55. The lowest BCUT2D eigenvalue weighted by molar-refractivity contribution is -0.385. The largest absolute Gasteiger partial charge is 0.465 e. The van der Waals surface area contributed by atoms with Crippen LogP contribution < -0.4 is 4.80 Å². The molecule has 1 fully saturated rings. The number of rotatable bonds is 4.